The van der Waals surface area contributed by atoms with Gasteiger partial charge in [-0.1, -0.05) is 0 Å². The van der Waals surface area contributed by atoms with Crippen LogP contribution in [0.15, 0.2) is 0 Å². The molecule has 0 bridgehead atoms. The molecule has 0 aliphatic rings. The van der Waals surface area contributed by atoms with Gasteiger partial charge >= 0.3 is 35.8 Å². The molecule has 0 unspecified atom stereocenters. The minimum Gasteiger partial charge on any atom is -0.296 e. The van der Waals surface area contributed by atoms with Crippen LogP contribution in [0, 0.1) is 5.41 Å². The van der Waals surface area contributed by atoms with E-state index in [1.165, 1.54) is 0 Å². The minimum absolute atomic E-state index is 2.43. The van der Waals surface area contributed by atoms with Crippen LogP contribution < -0.4 is 0 Å². The Morgan fingerprint density at radius 2 is 0.762 bits per heavy atom. The maximum Gasteiger partial charge on any atom is 0.418 e. The Morgan fingerprint density at radius 3 is 0.905 bits per heavy atom. The van der Waals surface area contributed by atoms with Crippen molar-refractivity contribution < 1.29 is 61.9 Å². The fourth-order valence-corrected chi connectivity index (χ4v) is 1.34. The molecule has 0 radical (unpaired) electrons. The Hall–Kier alpha value is -1.24. The smallest absolute Gasteiger partial charge is 0.296 e. The van der Waals surface area contributed by atoms with E-state index in [1.807, 2.05) is 0 Å². The van der Waals surface area contributed by atoms with Gasteiger partial charge in [0.2, 0.25) is 0 Å². The number of hydrogen-bond acceptors (Lipinski definition) is 1. The Balaban J connectivity index is 6.96. The maximum atomic E-state index is 12.9. The van der Waals surface area contributed by atoms with Crippen LogP contribution >= 0.6 is 0 Å². The van der Waals surface area contributed by atoms with Crippen LogP contribution in [-0.4, -0.2) is 36.7 Å². The second kappa shape index (κ2) is 4.63. The third kappa shape index (κ3) is 2.41. The Bertz CT molecular complexity index is 360. The molecule has 0 aromatic heterocycles. The Kier molecular flexibility index (Phi) is 4.35. The summed E-state index contributed by atoms with van der Waals surface area (Å²) in [5, 5.41) is 0. The number of halogens is 13. The lowest BCUT2D eigenvalue weighted by molar-refractivity contribution is -0.491. The zero-order valence-electron chi connectivity index (χ0n) is 8.90. The van der Waals surface area contributed by atoms with E-state index in [2.05, 4.69) is 0 Å². The molecule has 0 aliphatic carbocycles. The number of hydrogen-bond donors (Lipinski definition) is 0. The molecule has 0 heterocycles. The lowest BCUT2D eigenvalue weighted by Gasteiger charge is -2.44. The predicted molar refractivity (Wildman–Crippen MR) is 36.6 cm³/mol. The van der Waals surface area contributed by atoms with E-state index in [-0.39, 0.29) is 0 Å². The van der Waals surface area contributed by atoms with Crippen molar-refractivity contribution >= 4 is 6.29 Å². The number of carbonyl (C=O) groups excluding carboxylic acids is 1. The second-order valence-electron chi connectivity index (χ2n) is 3.56. The van der Waals surface area contributed by atoms with E-state index in [4.69, 9.17) is 0 Å². The van der Waals surface area contributed by atoms with Crippen molar-refractivity contribution in [3.63, 3.8) is 0 Å². The average molecular weight is 348 g/mol. The van der Waals surface area contributed by atoms with Gasteiger partial charge in [0.25, 0.3) is 0 Å². The SMILES string of the molecule is O=CC(F)(F)C(F)(F)C(C(F)(F)F)(C(F)(F)F)C(F)(F)F. The van der Waals surface area contributed by atoms with E-state index in [0.29, 0.717) is 0 Å². The summed E-state index contributed by atoms with van der Waals surface area (Å²) in [5.74, 6) is -14.7. The van der Waals surface area contributed by atoms with E-state index < -0.39 is 42.1 Å². The minimum atomic E-state index is -8.12. The van der Waals surface area contributed by atoms with Crippen molar-refractivity contribution in [2.24, 2.45) is 5.41 Å². The van der Waals surface area contributed by atoms with Gasteiger partial charge in [-0.3, -0.25) is 4.79 Å². The van der Waals surface area contributed by atoms with Crippen molar-refractivity contribution in [2.45, 2.75) is 30.4 Å². The highest BCUT2D eigenvalue weighted by molar-refractivity contribution is 5.62. The van der Waals surface area contributed by atoms with Gasteiger partial charge in [-0.15, -0.1) is 0 Å². The van der Waals surface area contributed by atoms with Gasteiger partial charge in [0.05, 0.1) is 0 Å². The van der Waals surface area contributed by atoms with Gasteiger partial charge in [-0.05, 0) is 0 Å². The Morgan fingerprint density at radius 1 is 0.524 bits per heavy atom. The van der Waals surface area contributed by atoms with Crippen molar-refractivity contribution in [1.29, 1.82) is 0 Å². The van der Waals surface area contributed by atoms with Crippen LogP contribution in [0.25, 0.3) is 0 Å². The molecule has 0 N–H and O–H groups in total. The molecule has 21 heavy (non-hydrogen) atoms. The molecule has 0 aromatic rings. The molecule has 0 aromatic carbocycles. The molecular weight excluding hydrogens is 347 g/mol. The zero-order chi connectivity index (χ0) is 17.7. The molecule has 0 fully saturated rings. The van der Waals surface area contributed by atoms with Gasteiger partial charge in [-0.25, -0.2) is 0 Å². The quantitative estimate of drug-likeness (QED) is 0.554. The van der Waals surface area contributed by atoms with Gasteiger partial charge in [-0.2, -0.15) is 57.1 Å². The summed E-state index contributed by atoms with van der Waals surface area (Å²) in [6.07, 6.45) is -26.2. The van der Waals surface area contributed by atoms with E-state index in [0.717, 1.165) is 0 Å². The van der Waals surface area contributed by atoms with E-state index in [9.17, 15) is 61.9 Å². The van der Waals surface area contributed by atoms with Crippen molar-refractivity contribution in [3.8, 4) is 0 Å². The normalized spacial score (nSPS) is 16.0. The van der Waals surface area contributed by atoms with Crippen molar-refractivity contribution in [2.75, 3.05) is 0 Å². The lowest BCUT2D eigenvalue weighted by atomic mass is 9.75. The molecule has 14 heteroatoms. The average Bonchev–Trinajstić information content (AvgIpc) is 2.09. The molecule has 0 rings (SSSR count). The van der Waals surface area contributed by atoms with Gasteiger partial charge in [0.15, 0.2) is 6.29 Å². The van der Waals surface area contributed by atoms with Gasteiger partial charge < -0.3 is 0 Å². The summed E-state index contributed by atoms with van der Waals surface area (Å²) in [6.45, 7) is 0. The highest BCUT2D eigenvalue weighted by Crippen LogP contribution is 2.68. The van der Waals surface area contributed by atoms with Crippen LogP contribution in [0.1, 0.15) is 0 Å². The number of aldehydes is 1. The van der Waals surface area contributed by atoms with Gasteiger partial charge in [0, 0.05) is 0 Å². The Labute approximate surface area is 105 Å². The first-order valence-corrected chi connectivity index (χ1v) is 4.23. The summed E-state index contributed by atoms with van der Waals surface area (Å²) in [7, 11) is 0. The first-order valence-electron chi connectivity index (χ1n) is 4.23. The fraction of sp³-hybridized carbons (Fsp3) is 0.857. The third-order valence-corrected chi connectivity index (χ3v) is 2.31. The molecular formula is C7HF13O. The largest absolute Gasteiger partial charge is 0.418 e. The number of rotatable bonds is 3. The van der Waals surface area contributed by atoms with E-state index in [1.54, 1.807) is 0 Å². The standard InChI is InChI=1S/C7HF13O/c8-2(9,1-21)4(10,11)3(5(12,13)14,6(15,16)17)7(18,19)20/h1H. The highest BCUT2D eigenvalue weighted by Gasteiger charge is 2.97. The molecule has 0 saturated carbocycles. The summed E-state index contributed by atoms with van der Waals surface area (Å²) in [4.78, 5) is 9.57. The molecule has 126 valence electrons. The molecule has 0 amide bonds. The molecule has 0 saturated heterocycles. The highest BCUT2D eigenvalue weighted by atomic mass is 19.4. The topological polar surface area (TPSA) is 17.1 Å². The van der Waals surface area contributed by atoms with Gasteiger partial charge in [0.1, 0.15) is 0 Å². The van der Waals surface area contributed by atoms with Crippen LogP contribution in [0.2, 0.25) is 0 Å². The monoisotopic (exact) mass is 348 g/mol. The summed E-state index contributed by atoms with van der Waals surface area (Å²) in [5.41, 5.74) is -8.12. The first kappa shape index (κ1) is 19.8. The molecule has 0 atom stereocenters. The first-order chi connectivity index (χ1) is 8.81. The van der Waals surface area contributed by atoms with Crippen LogP contribution in [0.5, 0.6) is 0 Å². The van der Waals surface area contributed by atoms with Crippen LogP contribution in [-0.2, 0) is 4.79 Å². The number of alkyl halides is 13. The predicted octanol–water partition coefficient (Wildman–Crippen LogP) is 4.13. The van der Waals surface area contributed by atoms with Crippen molar-refractivity contribution in [3.05, 3.63) is 0 Å². The fourth-order valence-electron chi connectivity index (χ4n) is 1.34. The second-order valence-corrected chi connectivity index (χ2v) is 3.56. The molecule has 0 aliphatic heterocycles. The number of carbonyl (C=O) groups is 1. The summed E-state index contributed by atoms with van der Waals surface area (Å²) >= 11 is 0. The maximum absolute atomic E-state index is 12.9. The molecule has 0 spiro atoms. The zero-order valence-corrected chi connectivity index (χ0v) is 8.90. The van der Waals surface area contributed by atoms with Crippen molar-refractivity contribution in [1.82, 2.24) is 0 Å². The van der Waals surface area contributed by atoms with Crippen LogP contribution in [0.4, 0.5) is 57.1 Å². The third-order valence-electron chi connectivity index (χ3n) is 2.31. The molecule has 1 nitrogen and oxygen atoms in total. The van der Waals surface area contributed by atoms with E-state index >= 15 is 0 Å². The summed E-state index contributed by atoms with van der Waals surface area (Å²) in [6, 6.07) is 0. The van der Waals surface area contributed by atoms with Crippen LogP contribution in [0.3, 0.4) is 0 Å². The summed E-state index contributed by atoms with van der Waals surface area (Å²) < 4.78 is 160. The lowest BCUT2D eigenvalue weighted by Crippen LogP contribution is -2.73.